The molecule has 4 heteroatoms. The number of hydrogen-bond donors (Lipinski definition) is 0. The zero-order valence-electron chi connectivity index (χ0n) is 11.0. The molecule has 1 aromatic heterocycles. The molecule has 0 fully saturated rings. The van der Waals surface area contributed by atoms with Gasteiger partial charge in [0.2, 0.25) is 0 Å². The van der Waals surface area contributed by atoms with E-state index in [1.165, 1.54) is 0 Å². The number of benzene rings is 1. The van der Waals surface area contributed by atoms with E-state index in [9.17, 15) is 4.79 Å². The summed E-state index contributed by atoms with van der Waals surface area (Å²) in [5.41, 5.74) is 2.38. The Morgan fingerprint density at radius 2 is 2.05 bits per heavy atom. The van der Waals surface area contributed by atoms with Crippen molar-refractivity contribution >= 4 is 17.9 Å². The number of aryl methyl sites for hydroxylation is 1. The van der Waals surface area contributed by atoms with Crippen LogP contribution < -0.4 is 0 Å². The molecule has 0 atom stereocenters. The summed E-state index contributed by atoms with van der Waals surface area (Å²) in [5, 5.41) is 0. The van der Waals surface area contributed by atoms with Gasteiger partial charge in [-0.3, -0.25) is 4.99 Å². The number of hydrogen-bond acceptors (Lipinski definition) is 3. The summed E-state index contributed by atoms with van der Waals surface area (Å²) in [4.78, 5) is 15.8. The van der Waals surface area contributed by atoms with Crippen LogP contribution in [0.15, 0.2) is 47.7 Å². The molecule has 0 saturated heterocycles. The molecule has 0 saturated carbocycles. The van der Waals surface area contributed by atoms with E-state index in [1.807, 2.05) is 30.1 Å². The molecule has 0 radical (unpaired) electrons. The van der Waals surface area contributed by atoms with Crippen molar-refractivity contribution < 1.29 is 9.53 Å². The lowest BCUT2D eigenvalue weighted by molar-refractivity contribution is 0.0526. The maximum Gasteiger partial charge on any atom is 0.338 e. The van der Waals surface area contributed by atoms with Gasteiger partial charge in [0.1, 0.15) is 0 Å². The molecule has 0 aliphatic rings. The third kappa shape index (κ3) is 3.55. The molecule has 0 amide bonds. The summed E-state index contributed by atoms with van der Waals surface area (Å²) in [6.45, 7) is 2.17. The summed E-state index contributed by atoms with van der Waals surface area (Å²) in [6, 6.07) is 9.01. The van der Waals surface area contributed by atoms with Gasteiger partial charge in [0.05, 0.1) is 17.9 Å². The highest BCUT2D eigenvalue weighted by atomic mass is 16.5. The zero-order chi connectivity index (χ0) is 13.7. The highest BCUT2D eigenvalue weighted by molar-refractivity contribution is 5.90. The van der Waals surface area contributed by atoms with Crippen LogP contribution >= 0.6 is 0 Å². The second-order valence-corrected chi connectivity index (χ2v) is 4.14. The van der Waals surface area contributed by atoms with Gasteiger partial charge in [-0.1, -0.05) is 0 Å². The monoisotopic (exact) mass is 256 g/mol. The van der Waals surface area contributed by atoms with Crippen LogP contribution in [0.4, 0.5) is 5.69 Å². The van der Waals surface area contributed by atoms with Crippen LogP contribution in [0.3, 0.4) is 0 Å². The Morgan fingerprint density at radius 3 is 2.63 bits per heavy atom. The predicted octanol–water partition coefficient (Wildman–Crippen LogP) is 2.95. The smallest absolute Gasteiger partial charge is 0.338 e. The van der Waals surface area contributed by atoms with Gasteiger partial charge in [0, 0.05) is 31.2 Å². The quantitative estimate of drug-likeness (QED) is 0.623. The van der Waals surface area contributed by atoms with Gasteiger partial charge < -0.3 is 9.30 Å². The first kappa shape index (κ1) is 13.1. The maximum atomic E-state index is 11.5. The molecular formula is C15H16N2O2. The van der Waals surface area contributed by atoms with E-state index in [4.69, 9.17) is 4.74 Å². The van der Waals surface area contributed by atoms with E-state index in [-0.39, 0.29) is 5.97 Å². The average Bonchev–Trinajstić information content (AvgIpc) is 2.83. The molecule has 0 aliphatic carbocycles. The Kier molecular flexibility index (Phi) is 4.13. The molecule has 4 nitrogen and oxygen atoms in total. The van der Waals surface area contributed by atoms with Crippen molar-refractivity contribution in [3.05, 3.63) is 53.9 Å². The maximum absolute atomic E-state index is 11.5. The Labute approximate surface area is 112 Å². The van der Waals surface area contributed by atoms with Gasteiger partial charge in [-0.2, -0.15) is 0 Å². The zero-order valence-corrected chi connectivity index (χ0v) is 11.0. The fraction of sp³-hybridized carbons (Fsp3) is 0.200. The number of esters is 1. The molecule has 1 aromatic carbocycles. The van der Waals surface area contributed by atoms with Gasteiger partial charge in [0.25, 0.3) is 0 Å². The van der Waals surface area contributed by atoms with Crippen molar-refractivity contribution in [3.63, 3.8) is 0 Å². The summed E-state index contributed by atoms with van der Waals surface area (Å²) in [7, 11) is 1.96. The minimum absolute atomic E-state index is 0.305. The molecule has 0 unspecified atom stereocenters. The molecule has 0 aliphatic heterocycles. The van der Waals surface area contributed by atoms with Gasteiger partial charge >= 0.3 is 5.97 Å². The first-order valence-corrected chi connectivity index (χ1v) is 6.12. The average molecular weight is 256 g/mol. The molecule has 2 rings (SSSR count). The van der Waals surface area contributed by atoms with Gasteiger partial charge in [-0.15, -0.1) is 0 Å². The molecule has 0 N–H and O–H groups in total. The number of nitrogens with zero attached hydrogens (tertiary/aromatic N) is 2. The molecule has 1 heterocycles. The van der Waals surface area contributed by atoms with Gasteiger partial charge in [0.15, 0.2) is 0 Å². The Morgan fingerprint density at radius 1 is 1.32 bits per heavy atom. The molecule has 19 heavy (non-hydrogen) atoms. The molecule has 2 aromatic rings. The number of aliphatic imine (C=N–C) groups is 1. The van der Waals surface area contributed by atoms with Crippen molar-refractivity contribution in [2.24, 2.45) is 12.0 Å². The second kappa shape index (κ2) is 6.00. The Balaban J connectivity index is 2.06. The summed E-state index contributed by atoms with van der Waals surface area (Å²) in [6.07, 6.45) is 5.74. The molecule has 98 valence electrons. The molecule has 0 bridgehead atoms. The van der Waals surface area contributed by atoms with Crippen LogP contribution in [0.5, 0.6) is 0 Å². The minimum atomic E-state index is -0.305. The predicted molar refractivity (Wildman–Crippen MR) is 75.1 cm³/mol. The highest BCUT2D eigenvalue weighted by Crippen LogP contribution is 2.14. The van der Waals surface area contributed by atoms with Crippen LogP contribution in [-0.2, 0) is 11.8 Å². The van der Waals surface area contributed by atoms with E-state index in [2.05, 4.69) is 4.99 Å². The number of aromatic nitrogens is 1. The van der Waals surface area contributed by atoms with Crippen LogP contribution in [0.1, 0.15) is 22.8 Å². The SMILES string of the molecule is CCOC(=O)c1ccc(N=Cc2ccn(C)c2)cc1. The van der Waals surface area contributed by atoms with E-state index in [0.29, 0.717) is 12.2 Å². The van der Waals surface area contributed by atoms with Gasteiger partial charge in [-0.25, -0.2) is 4.79 Å². The first-order valence-electron chi connectivity index (χ1n) is 6.12. The van der Waals surface area contributed by atoms with Crippen LogP contribution in [0.2, 0.25) is 0 Å². The van der Waals surface area contributed by atoms with E-state index < -0.39 is 0 Å². The number of rotatable bonds is 4. The summed E-state index contributed by atoms with van der Waals surface area (Å²) < 4.78 is 6.88. The summed E-state index contributed by atoms with van der Waals surface area (Å²) >= 11 is 0. The fourth-order valence-corrected chi connectivity index (χ4v) is 1.65. The van der Waals surface area contributed by atoms with Crippen molar-refractivity contribution in [2.45, 2.75) is 6.92 Å². The number of ether oxygens (including phenoxy) is 1. The fourth-order valence-electron chi connectivity index (χ4n) is 1.65. The lowest BCUT2D eigenvalue weighted by Crippen LogP contribution is -2.03. The minimum Gasteiger partial charge on any atom is -0.462 e. The van der Waals surface area contributed by atoms with Gasteiger partial charge in [-0.05, 0) is 37.3 Å². The lowest BCUT2D eigenvalue weighted by atomic mass is 10.2. The third-order valence-corrected chi connectivity index (χ3v) is 2.60. The lowest BCUT2D eigenvalue weighted by Gasteiger charge is -2.01. The van der Waals surface area contributed by atoms with E-state index >= 15 is 0 Å². The third-order valence-electron chi connectivity index (χ3n) is 2.60. The Hall–Kier alpha value is -2.36. The summed E-state index contributed by atoms with van der Waals surface area (Å²) in [5.74, 6) is -0.305. The largest absolute Gasteiger partial charge is 0.462 e. The second-order valence-electron chi connectivity index (χ2n) is 4.14. The van der Waals surface area contributed by atoms with Crippen LogP contribution in [0.25, 0.3) is 0 Å². The number of carbonyl (C=O) groups excluding carboxylic acids is 1. The van der Waals surface area contributed by atoms with Crippen molar-refractivity contribution in [1.82, 2.24) is 4.57 Å². The van der Waals surface area contributed by atoms with Crippen molar-refractivity contribution in [3.8, 4) is 0 Å². The van der Waals surface area contributed by atoms with Crippen molar-refractivity contribution in [2.75, 3.05) is 6.61 Å². The molecule has 0 spiro atoms. The topological polar surface area (TPSA) is 43.6 Å². The molecular weight excluding hydrogens is 240 g/mol. The van der Waals surface area contributed by atoms with Crippen molar-refractivity contribution in [1.29, 1.82) is 0 Å². The standard InChI is InChI=1S/C15H16N2O2/c1-3-19-15(18)13-4-6-14(7-5-13)16-10-12-8-9-17(2)11-12/h4-11H,3H2,1-2H3. The van der Waals surface area contributed by atoms with Crippen LogP contribution in [0, 0.1) is 0 Å². The van der Waals surface area contributed by atoms with Crippen LogP contribution in [-0.4, -0.2) is 23.4 Å². The number of carbonyl (C=O) groups is 1. The normalized spacial score (nSPS) is 10.8. The van der Waals surface area contributed by atoms with E-state index in [1.54, 1.807) is 37.4 Å². The van der Waals surface area contributed by atoms with E-state index in [0.717, 1.165) is 11.3 Å². The first-order chi connectivity index (χ1) is 9.19. The Bertz CT molecular complexity index is 582. The highest BCUT2D eigenvalue weighted by Gasteiger charge is 2.04.